The number of carbonyl (C=O) groups is 1. The fraction of sp³-hybridized carbons (Fsp3) is 0.231. The minimum atomic E-state index is -0.0772. The first-order valence-electron chi connectivity index (χ1n) is 10.8. The number of hydrogen-bond acceptors (Lipinski definition) is 3. The number of ether oxygens (including phenoxy) is 1. The van der Waals surface area contributed by atoms with Gasteiger partial charge in [0, 0.05) is 29.5 Å². The van der Waals surface area contributed by atoms with Crippen molar-refractivity contribution in [1.29, 1.82) is 0 Å². The standard InChI is InChI=1S/C26H26BrN3O2/c1-19-7-13-22(14-8-19)32-18-4-17-30-24-6-3-2-5-23(24)29-25(30)15-16-28-26(31)20-9-11-21(27)12-10-20/h2-3,5-14H,4,15-18H2,1H3,(H,28,31). The molecule has 0 saturated heterocycles. The zero-order valence-corrected chi connectivity index (χ0v) is 19.6. The van der Waals surface area contributed by atoms with Crippen LogP contribution in [0.2, 0.25) is 0 Å². The van der Waals surface area contributed by atoms with Crippen molar-refractivity contribution >= 4 is 32.9 Å². The Morgan fingerprint density at radius 1 is 1.03 bits per heavy atom. The quantitative estimate of drug-likeness (QED) is 0.312. The highest BCUT2D eigenvalue weighted by Gasteiger charge is 2.11. The van der Waals surface area contributed by atoms with Crippen LogP contribution in [0.15, 0.2) is 77.3 Å². The maximum Gasteiger partial charge on any atom is 0.251 e. The smallest absolute Gasteiger partial charge is 0.251 e. The number of hydrogen-bond donors (Lipinski definition) is 1. The molecular formula is C26H26BrN3O2. The second-order valence-electron chi connectivity index (χ2n) is 7.70. The van der Waals surface area contributed by atoms with Crippen LogP contribution in [0, 0.1) is 6.92 Å². The van der Waals surface area contributed by atoms with E-state index in [4.69, 9.17) is 9.72 Å². The van der Waals surface area contributed by atoms with Gasteiger partial charge < -0.3 is 14.6 Å². The lowest BCUT2D eigenvalue weighted by Crippen LogP contribution is -2.26. The maximum absolute atomic E-state index is 12.4. The average molecular weight is 492 g/mol. The second kappa shape index (κ2) is 10.5. The number of nitrogens with zero attached hydrogens (tertiary/aromatic N) is 2. The number of para-hydroxylation sites is 2. The number of imidazole rings is 1. The number of fused-ring (bicyclic) bond motifs is 1. The van der Waals surface area contributed by atoms with Gasteiger partial charge in [0.25, 0.3) is 5.91 Å². The fourth-order valence-corrected chi connectivity index (χ4v) is 3.87. The molecule has 5 nitrogen and oxygen atoms in total. The van der Waals surface area contributed by atoms with Crippen LogP contribution in [0.4, 0.5) is 0 Å². The van der Waals surface area contributed by atoms with E-state index in [0.29, 0.717) is 25.1 Å². The van der Waals surface area contributed by atoms with E-state index in [2.05, 4.69) is 50.9 Å². The van der Waals surface area contributed by atoms with Gasteiger partial charge in [0.2, 0.25) is 0 Å². The SMILES string of the molecule is Cc1ccc(OCCCn2c(CCNC(=O)c3ccc(Br)cc3)nc3ccccc32)cc1. The summed E-state index contributed by atoms with van der Waals surface area (Å²) in [6.45, 7) is 4.03. The topological polar surface area (TPSA) is 56.1 Å². The van der Waals surface area contributed by atoms with Gasteiger partial charge in [-0.2, -0.15) is 0 Å². The summed E-state index contributed by atoms with van der Waals surface area (Å²) >= 11 is 3.39. The van der Waals surface area contributed by atoms with E-state index in [1.165, 1.54) is 5.56 Å². The van der Waals surface area contributed by atoms with Crippen molar-refractivity contribution in [2.24, 2.45) is 0 Å². The van der Waals surface area contributed by atoms with Crippen molar-refractivity contribution in [3.8, 4) is 5.75 Å². The molecule has 0 aliphatic carbocycles. The van der Waals surface area contributed by atoms with Gasteiger partial charge in [-0.25, -0.2) is 4.98 Å². The molecule has 4 rings (SSSR count). The first-order chi connectivity index (χ1) is 15.6. The van der Waals surface area contributed by atoms with Crippen molar-refractivity contribution in [3.05, 3.63) is 94.2 Å². The van der Waals surface area contributed by atoms with Crippen LogP contribution in [0.25, 0.3) is 11.0 Å². The Hall–Kier alpha value is -3.12. The van der Waals surface area contributed by atoms with Crippen molar-refractivity contribution in [2.75, 3.05) is 13.2 Å². The van der Waals surface area contributed by atoms with Gasteiger partial charge in [-0.3, -0.25) is 4.79 Å². The lowest BCUT2D eigenvalue weighted by molar-refractivity contribution is 0.0954. The summed E-state index contributed by atoms with van der Waals surface area (Å²) in [7, 11) is 0. The predicted molar refractivity (Wildman–Crippen MR) is 131 cm³/mol. The van der Waals surface area contributed by atoms with E-state index in [-0.39, 0.29) is 5.91 Å². The van der Waals surface area contributed by atoms with Crippen LogP contribution >= 0.6 is 15.9 Å². The van der Waals surface area contributed by atoms with Gasteiger partial charge in [0.1, 0.15) is 11.6 Å². The molecule has 1 amide bonds. The van der Waals surface area contributed by atoms with Gasteiger partial charge in [0.05, 0.1) is 17.6 Å². The van der Waals surface area contributed by atoms with Crippen LogP contribution < -0.4 is 10.1 Å². The van der Waals surface area contributed by atoms with Gasteiger partial charge >= 0.3 is 0 Å². The highest BCUT2D eigenvalue weighted by atomic mass is 79.9. The number of nitrogens with one attached hydrogen (secondary N) is 1. The van der Waals surface area contributed by atoms with Crippen LogP contribution in [-0.4, -0.2) is 28.6 Å². The van der Waals surface area contributed by atoms with E-state index in [1.807, 2.05) is 54.6 Å². The molecule has 1 heterocycles. The summed E-state index contributed by atoms with van der Waals surface area (Å²) in [4.78, 5) is 17.2. The Bertz CT molecular complexity index is 1180. The predicted octanol–water partition coefficient (Wildman–Crippen LogP) is 5.55. The minimum absolute atomic E-state index is 0.0772. The van der Waals surface area contributed by atoms with Gasteiger partial charge in [0.15, 0.2) is 0 Å². The lowest BCUT2D eigenvalue weighted by Gasteiger charge is -2.11. The molecule has 0 spiro atoms. The maximum atomic E-state index is 12.4. The third-order valence-electron chi connectivity index (χ3n) is 5.29. The van der Waals surface area contributed by atoms with E-state index < -0.39 is 0 Å². The van der Waals surface area contributed by atoms with Crippen molar-refractivity contribution in [1.82, 2.24) is 14.9 Å². The second-order valence-corrected chi connectivity index (χ2v) is 8.61. The normalized spacial score (nSPS) is 10.9. The minimum Gasteiger partial charge on any atom is -0.494 e. The average Bonchev–Trinajstić information content (AvgIpc) is 3.15. The molecule has 32 heavy (non-hydrogen) atoms. The molecule has 0 aliphatic rings. The molecule has 4 aromatic rings. The van der Waals surface area contributed by atoms with Crippen LogP contribution in [0.3, 0.4) is 0 Å². The Morgan fingerprint density at radius 2 is 1.78 bits per heavy atom. The third kappa shape index (κ3) is 5.56. The Labute approximate surface area is 196 Å². The van der Waals surface area contributed by atoms with E-state index >= 15 is 0 Å². The molecule has 0 atom stereocenters. The summed E-state index contributed by atoms with van der Waals surface area (Å²) in [6.07, 6.45) is 1.53. The van der Waals surface area contributed by atoms with Crippen molar-refractivity contribution in [3.63, 3.8) is 0 Å². The number of aromatic nitrogens is 2. The largest absolute Gasteiger partial charge is 0.494 e. The molecule has 0 aliphatic heterocycles. The first kappa shape index (κ1) is 22.1. The molecule has 164 valence electrons. The lowest BCUT2D eigenvalue weighted by atomic mass is 10.2. The molecule has 1 aromatic heterocycles. The Balaban J connectivity index is 1.36. The molecule has 3 aromatic carbocycles. The van der Waals surface area contributed by atoms with E-state index in [1.54, 1.807) is 0 Å². The molecule has 6 heteroatoms. The Kier molecular flexibility index (Phi) is 7.22. The highest BCUT2D eigenvalue weighted by molar-refractivity contribution is 9.10. The highest BCUT2D eigenvalue weighted by Crippen LogP contribution is 2.18. The molecule has 0 radical (unpaired) electrons. The molecule has 1 N–H and O–H groups in total. The van der Waals surface area contributed by atoms with Crippen LogP contribution in [0.5, 0.6) is 5.75 Å². The molecular weight excluding hydrogens is 466 g/mol. The number of benzene rings is 3. The van der Waals surface area contributed by atoms with Gasteiger partial charge in [-0.1, -0.05) is 45.8 Å². The van der Waals surface area contributed by atoms with Crippen molar-refractivity contribution < 1.29 is 9.53 Å². The zero-order valence-electron chi connectivity index (χ0n) is 18.1. The van der Waals surface area contributed by atoms with Gasteiger partial charge in [-0.15, -0.1) is 0 Å². The Morgan fingerprint density at radius 3 is 2.56 bits per heavy atom. The van der Waals surface area contributed by atoms with Crippen LogP contribution in [0.1, 0.15) is 28.2 Å². The third-order valence-corrected chi connectivity index (χ3v) is 5.82. The van der Waals surface area contributed by atoms with E-state index in [0.717, 1.165) is 40.0 Å². The summed E-state index contributed by atoms with van der Waals surface area (Å²) in [6, 6.07) is 23.6. The molecule has 0 saturated carbocycles. The number of rotatable bonds is 9. The molecule has 0 unspecified atom stereocenters. The van der Waals surface area contributed by atoms with Gasteiger partial charge in [-0.05, 0) is 61.9 Å². The summed E-state index contributed by atoms with van der Waals surface area (Å²) in [5.41, 5.74) is 3.95. The van der Waals surface area contributed by atoms with Crippen LogP contribution in [-0.2, 0) is 13.0 Å². The summed E-state index contributed by atoms with van der Waals surface area (Å²) < 4.78 is 9.08. The zero-order chi connectivity index (χ0) is 22.3. The summed E-state index contributed by atoms with van der Waals surface area (Å²) in [5, 5.41) is 3.00. The summed E-state index contributed by atoms with van der Waals surface area (Å²) in [5.74, 6) is 1.78. The fourth-order valence-electron chi connectivity index (χ4n) is 3.60. The number of aryl methyl sites for hydroxylation is 2. The monoisotopic (exact) mass is 491 g/mol. The number of amides is 1. The molecule has 0 fully saturated rings. The number of halogens is 1. The number of carbonyl (C=O) groups excluding carboxylic acids is 1. The molecule has 0 bridgehead atoms. The van der Waals surface area contributed by atoms with E-state index in [9.17, 15) is 4.79 Å². The first-order valence-corrected chi connectivity index (χ1v) is 11.6. The van der Waals surface area contributed by atoms with Crippen molar-refractivity contribution in [2.45, 2.75) is 26.3 Å².